The molecule has 2 heteroatoms. The van der Waals surface area contributed by atoms with E-state index >= 15 is 0 Å². The second-order valence-electron chi connectivity index (χ2n) is 5.34. The fourth-order valence-electron chi connectivity index (χ4n) is 2.47. The van der Waals surface area contributed by atoms with Crippen molar-refractivity contribution in [3.8, 4) is 0 Å². The van der Waals surface area contributed by atoms with Gasteiger partial charge in [0.15, 0.2) is 5.78 Å². The van der Waals surface area contributed by atoms with Crippen molar-refractivity contribution < 1.29 is 4.79 Å². The molecule has 0 aliphatic carbocycles. The highest BCUT2D eigenvalue weighted by atomic mass is 16.1. The highest BCUT2D eigenvalue weighted by molar-refractivity contribution is 5.90. The maximum absolute atomic E-state index is 12.4. The van der Waals surface area contributed by atoms with Crippen molar-refractivity contribution in [3.05, 3.63) is 34.4 Å². The molecule has 100 valence electrons. The number of Topliss-reactive ketones (excluding diaryl/α,β-unsaturated/α-hetero) is 1. The summed E-state index contributed by atoms with van der Waals surface area (Å²) >= 11 is 0. The molecule has 1 rings (SSSR count). The van der Waals surface area contributed by atoms with Crippen LogP contribution in [0, 0.1) is 20.8 Å². The molecule has 0 aromatic heterocycles. The second-order valence-corrected chi connectivity index (χ2v) is 5.34. The summed E-state index contributed by atoms with van der Waals surface area (Å²) < 4.78 is 0. The minimum absolute atomic E-state index is 0.155. The molecule has 0 saturated carbocycles. The van der Waals surface area contributed by atoms with Gasteiger partial charge in [-0.15, -0.1) is 0 Å². The molecule has 1 aromatic carbocycles. The molecule has 18 heavy (non-hydrogen) atoms. The molecular formula is C16H25NO. The molecule has 2 N–H and O–H groups in total. The Kier molecular flexibility index (Phi) is 4.69. The normalized spacial score (nSPS) is 11.7. The van der Waals surface area contributed by atoms with Crippen LogP contribution in [-0.2, 0) is 11.2 Å². The molecule has 0 saturated heterocycles. The average molecular weight is 247 g/mol. The maximum Gasteiger partial charge on any atom is 0.156 e. The van der Waals surface area contributed by atoms with Crippen LogP contribution in [0.4, 0.5) is 0 Å². The predicted molar refractivity (Wildman–Crippen MR) is 76.9 cm³/mol. The van der Waals surface area contributed by atoms with E-state index in [1.54, 1.807) is 0 Å². The average Bonchev–Trinajstić information content (AvgIpc) is 2.32. The van der Waals surface area contributed by atoms with Gasteiger partial charge in [-0.1, -0.05) is 31.5 Å². The summed E-state index contributed by atoms with van der Waals surface area (Å²) in [6.07, 6.45) is 1.86. The van der Waals surface area contributed by atoms with Crippen molar-refractivity contribution in [2.24, 2.45) is 5.73 Å². The van der Waals surface area contributed by atoms with E-state index in [2.05, 4.69) is 32.9 Å². The van der Waals surface area contributed by atoms with Gasteiger partial charge >= 0.3 is 0 Å². The Balaban J connectivity index is 3.02. The Bertz CT molecular complexity index is 421. The fraction of sp³-hybridized carbons (Fsp3) is 0.562. The molecule has 0 aliphatic rings. The summed E-state index contributed by atoms with van der Waals surface area (Å²) in [5.41, 5.74) is 10.3. The number of aryl methyl sites for hydroxylation is 3. The lowest BCUT2D eigenvalue weighted by atomic mass is 9.84. The first-order valence-electron chi connectivity index (χ1n) is 6.73. The molecule has 0 atom stereocenters. The molecule has 0 radical (unpaired) electrons. The van der Waals surface area contributed by atoms with Crippen molar-refractivity contribution in [1.82, 2.24) is 0 Å². The zero-order valence-electron chi connectivity index (χ0n) is 12.3. The van der Waals surface area contributed by atoms with Gasteiger partial charge in [-0.2, -0.15) is 0 Å². The summed E-state index contributed by atoms with van der Waals surface area (Å²) in [5.74, 6) is 0.155. The number of carbonyl (C=O) groups is 1. The molecule has 0 fully saturated rings. The van der Waals surface area contributed by atoms with E-state index in [1.165, 1.54) is 16.7 Å². The van der Waals surface area contributed by atoms with Crippen LogP contribution >= 0.6 is 0 Å². The van der Waals surface area contributed by atoms with Gasteiger partial charge in [0.2, 0.25) is 0 Å². The second kappa shape index (κ2) is 5.66. The lowest BCUT2D eigenvalue weighted by Gasteiger charge is -2.25. The van der Waals surface area contributed by atoms with E-state index in [0.29, 0.717) is 19.3 Å². The number of hydrogen-bond acceptors (Lipinski definition) is 2. The Morgan fingerprint density at radius 2 is 1.56 bits per heavy atom. The van der Waals surface area contributed by atoms with Crippen LogP contribution in [0.5, 0.6) is 0 Å². The Hall–Kier alpha value is -1.15. The lowest BCUT2D eigenvalue weighted by molar-refractivity contribution is -0.123. The van der Waals surface area contributed by atoms with Crippen molar-refractivity contribution >= 4 is 5.78 Å². The molecule has 0 aliphatic heterocycles. The lowest BCUT2D eigenvalue weighted by Crippen LogP contribution is -2.47. The minimum atomic E-state index is -0.663. The first-order valence-corrected chi connectivity index (χ1v) is 6.73. The third-order valence-electron chi connectivity index (χ3n) is 3.99. The van der Waals surface area contributed by atoms with Gasteiger partial charge < -0.3 is 5.73 Å². The molecule has 0 spiro atoms. The third kappa shape index (κ3) is 2.99. The van der Waals surface area contributed by atoms with E-state index < -0.39 is 5.54 Å². The minimum Gasteiger partial charge on any atom is -0.319 e. The van der Waals surface area contributed by atoms with Gasteiger partial charge in [0.25, 0.3) is 0 Å². The van der Waals surface area contributed by atoms with E-state index in [0.717, 1.165) is 5.56 Å². The van der Waals surface area contributed by atoms with Crippen molar-refractivity contribution in [2.45, 2.75) is 59.4 Å². The van der Waals surface area contributed by atoms with E-state index in [9.17, 15) is 4.79 Å². The topological polar surface area (TPSA) is 43.1 Å². The van der Waals surface area contributed by atoms with Gasteiger partial charge in [0.05, 0.1) is 5.54 Å². The smallest absolute Gasteiger partial charge is 0.156 e. The zero-order valence-corrected chi connectivity index (χ0v) is 12.3. The van der Waals surface area contributed by atoms with E-state index in [-0.39, 0.29) is 5.78 Å². The first kappa shape index (κ1) is 14.9. The highest BCUT2D eigenvalue weighted by Crippen LogP contribution is 2.21. The third-order valence-corrected chi connectivity index (χ3v) is 3.99. The van der Waals surface area contributed by atoms with Crippen LogP contribution in [0.1, 0.15) is 48.9 Å². The predicted octanol–water partition coefficient (Wildman–Crippen LogP) is 3.24. The SMILES string of the molecule is CCC(N)(CC)C(=O)Cc1c(C)cc(C)cc1C. The van der Waals surface area contributed by atoms with Gasteiger partial charge in [0.1, 0.15) is 0 Å². The number of nitrogens with two attached hydrogens (primary N) is 1. The summed E-state index contributed by atoms with van der Waals surface area (Å²) in [6, 6.07) is 4.26. The molecular weight excluding hydrogens is 222 g/mol. The summed E-state index contributed by atoms with van der Waals surface area (Å²) in [7, 11) is 0. The van der Waals surface area contributed by atoms with Crippen molar-refractivity contribution in [3.63, 3.8) is 0 Å². The molecule has 1 aromatic rings. The quantitative estimate of drug-likeness (QED) is 0.868. The maximum atomic E-state index is 12.4. The van der Waals surface area contributed by atoms with Gasteiger partial charge in [-0.05, 0) is 50.3 Å². The summed E-state index contributed by atoms with van der Waals surface area (Å²) in [6.45, 7) is 10.2. The van der Waals surface area contributed by atoms with E-state index in [4.69, 9.17) is 5.73 Å². The van der Waals surface area contributed by atoms with Crippen LogP contribution in [0.3, 0.4) is 0 Å². The van der Waals surface area contributed by atoms with Crippen LogP contribution in [0.2, 0.25) is 0 Å². The van der Waals surface area contributed by atoms with Gasteiger partial charge in [-0.25, -0.2) is 0 Å². The monoisotopic (exact) mass is 247 g/mol. The van der Waals surface area contributed by atoms with Crippen LogP contribution in [0.25, 0.3) is 0 Å². The van der Waals surface area contributed by atoms with Crippen LogP contribution < -0.4 is 5.73 Å². The number of hydrogen-bond donors (Lipinski definition) is 1. The Labute approximate surface area is 111 Å². The summed E-state index contributed by atoms with van der Waals surface area (Å²) in [5, 5.41) is 0. The molecule has 0 bridgehead atoms. The number of carbonyl (C=O) groups excluding carboxylic acids is 1. The summed E-state index contributed by atoms with van der Waals surface area (Å²) in [4.78, 5) is 12.4. The van der Waals surface area contributed by atoms with Crippen LogP contribution in [-0.4, -0.2) is 11.3 Å². The van der Waals surface area contributed by atoms with Crippen molar-refractivity contribution in [2.75, 3.05) is 0 Å². The van der Waals surface area contributed by atoms with Crippen molar-refractivity contribution in [1.29, 1.82) is 0 Å². The van der Waals surface area contributed by atoms with Crippen LogP contribution in [0.15, 0.2) is 12.1 Å². The number of benzene rings is 1. The Morgan fingerprint density at radius 1 is 1.11 bits per heavy atom. The standard InChI is InChI=1S/C16H25NO/c1-6-16(17,7-2)15(18)10-14-12(4)8-11(3)9-13(14)5/h8-9H,6-7,10,17H2,1-5H3. The number of ketones is 1. The molecule has 0 amide bonds. The fourth-order valence-corrected chi connectivity index (χ4v) is 2.47. The van der Waals surface area contributed by atoms with Gasteiger partial charge in [0, 0.05) is 6.42 Å². The Morgan fingerprint density at radius 3 is 1.94 bits per heavy atom. The van der Waals surface area contributed by atoms with Gasteiger partial charge in [-0.3, -0.25) is 4.79 Å². The number of rotatable bonds is 5. The molecule has 0 unspecified atom stereocenters. The zero-order chi connectivity index (χ0) is 13.9. The first-order chi connectivity index (χ1) is 8.34. The highest BCUT2D eigenvalue weighted by Gasteiger charge is 2.29. The molecule has 2 nitrogen and oxygen atoms in total. The molecule has 0 heterocycles. The largest absolute Gasteiger partial charge is 0.319 e. The van der Waals surface area contributed by atoms with E-state index in [1.807, 2.05) is 13.8 Å².